The number of H-pyrrole nitrogens is 2. The van der Waals surface area contributed by atoms with Gasteiger partial charge >= 0.3 is 0 Å². The second-order valence-electron chi connectivity index (χ2n) is 2.58. The molecule has 0 saturated heterocycles. The topological polar surface area (TPSA) is 70.5 Å². The highest BCUT2D eigenvalue weighted by atomic mass is 15.1. The first-order valence-corrected chi connectivity index (χ1v) is 3.77. The fourth-order valence-corrected chi connectivity index (χ4v) is 1.10. The molecule has 0 aromatic carbocycles. The molecule has 0 unspecified atom stereocenters. The van der Waals surface area contributed by atoms with E-state index in [4.69, 9.17) is 5.73 Å². The lowest BCUT2D eigenvalue weighted by Gasteiger charge is -1.84. The minimum atomic E-state index is 0.497. The largest absolute Gasteiger partial charge is 0.367 e. The Labute approximate surface area is 69.8 Å². The zero-order valence-corrected chi connectivity index (χ0v) is 6.54. The maximum absolute atomic E-state index is 5.44. The third-order valence-corrected chi connectivity index (χ3v) is 1.74. The van der Waals surface area contributed by atoms with Crippen LogP contribution in [-0.4, -0.2) is 15.2 Å². The van der Waals surface area contributed by atoms with Crippen LogP contribution >= 0.6 is 0 Å². The number of nitrogens with two attached hydrogens (primary N) is 1. The summed E-state index contributed by atoms with van der Waals surface area (Å²) >= 11 is 0. The number of hydrogen-bond acceptors (Lipinski definition) is 2. The first-order chi connectivity index (χ1) is 5.90. The fraction of sp³-hybridized carbons (Fsp3) is 0.125. The number of aromatic nitrogens is 3. The molecular weight excluding hydrogens is 152 g/mol. The molecule has 0 aliphatic heterocycles. The molecule has 0 radical (unpaired) electrons. The molecule has 4 N–H and O–H groups in total. The summed E-state index contributed by atoms with van der Waals surface area (Å²) in [6.45, 7) is 0.497. The molecule has 0 spiro atoms. The molecule has 12 heavy (non-hydrogen) atoms. The van der Waals surface area contributed by atoms with Gasteiger partial charge in [-0.15, -0.1) is 0 Å². The summed E-state index contributed by atoms with van der Waals surface area (Å²) in [5.41, 5.74) is 8.39. The van der Waals surface area contributed by atoms with Crippen molar-refractivity contribution in [1.29, 1.82) is 0 Å². The van der Waals surface area contributed by atoms with Crippen LogP contribution in [0.25, 0.3) is 11.3 Å². The van der Waals surface area contributed by atoms with Crippen LogP contribution in [0.3, 0.4) is 0 Å². The smallest absolute Gasteiger partial charge is 0.0939 e. The molecule has 0 aliphatic carbocycles. The third kappa shape index (κ3) is 1.12. The molecule has 0 bridgehead atoms. The van der Waals surface area contributed by atoms with Crippen molar-refractivity contribution in [3.63, 3.8) is 0 Å². The molecule has 4 heteroatoms. The second kappa shape index (κ2) is 2.83. The highest BCUT2D eigenvalue weighted by Gasteiger charge is 2.01. The Morgan fingerprint density at radius 2 is 2.42 bits per heavy atom. The molecule has 4 nitrogen and oxygen atoms in total. The summed E-state index contributed by atoms with van der Waals surface area (Å²) in [5, 5.41) is 6.96. The van der Waals surface area contributed by atoms with Crippen LogP contribution in [0.1, 0.15) is 5.69 Å². The molecule has 2 heterocycles. The van der Waals surface area contributed by atoms with Crippen molar-refractivity contribution in [2.24, 2.45) is 5.73 Å². The van der Waals surface area contributed by atoms with Crippen LogP contribution in [-0.2, 0) is 6.54 Å². The van der Waals surface area contributed by atoms with Crippen molar-refractivity contribution >= 4 is 0 Å². The summed E-state index contributed by atoms with van der Waals surface area (Å²) in [6.07, 6.45) is 3.77. The van der Waals surface area contributed by atoms with E-state index in [0.29, 0.717) is 6.54 Å². The molecule has 2 aromatic heterocycles. The normalized spacial score (nSPS) is 10.4. The summed E-state index contributed by atoms with van der Waals surface area (Å²) in [4.78, 5) is 2.97. The van der Waals surface area contributed by atoms with Crippen molar-refractivity contribution in [2.45, 2.75) is 6.54 Å². The van der Waals surface area contributed by atoms with Gasteiger partial charge in [0.1, 0.15) is 0 Å². The molecular formula is C8H10N4. The molecule has 0 amide bonds. The predicted molar refractivity (Wildman–Crippen MR) is 46.3 cm³/mol. The number of nitrogens with one attached hydrogen (secondary N) is 2. The van der Waals surface area contributed by atoms with Crippen molar-refractivity contribution in [3.05, 3.63) is 30.2 Å². The van der Waals surface area contributed by atoms with Gasteiger partial charge in [-0.2, -0.15) is 5.10 Å². The van der Waals surface area contributed by atoms with Crippen LogP contribution in [0.4, 0.5) is 0 Å². The Morgan fingerprint density at radius 3 is 3.00 bits per heavy atom. The molecule has 0 saturated carbocycles. The number of hydrogen-bond donors (Lipinski definition) is 3. The summed E-state index contributed by atoms with van der Waals surface area (Å²) < 4.78 is 0. The lowest BCUT2D eigenvalue weighted by molar-refractivity contribution is 0.948. The van der Waals surface area contributed by atoms with E-state index in [1.165, 1.54) is 0 Å². The molecule has 62 valence electrons. The highest BCUT2D eigenvalue weighted by Crippen LogP contribution is 2.15. The maximum Gasteiger partial charge on any atom is 0.0939 e. The predicted octanol–water partition coefficient (Wildman–Crippen LogP) is 0.863. The SMILES string of the molecule is NCc1cc(-c2cc[nH]c2)n[nH]1. The Kier molecular flexibility index (Phi) is 1.68. The third-order valence-electron chi connectivity index (χ3n) is 1.74. The second-order valence-corrected chi connectivity index (χ2v) is 2.58. The van der Waals surface area contributed by atoms with E-state index in [-0.39, 0.29) is 0 Å². The standard InChI is InChI=1S/C8H10N4/c9-4-7-3-8(12-11-7)6-1-2-10-5-6/h1-3,5,10H,4,9H2,(H,11,12). The van der Waals surface area contributed by atoms with E-state index in [2.05, 4.69) is 15.2 Å². The van der Waals surface area contributed by atoms with Crippen LogP contribution in [0.15, 0.2) is 24.5 Å². The monoisotopic (exact) mass is 162 g/mol. The lowest BCUT2D eigenvalue weighted by Crippen LogP contribution is -1.95. The van der Waals surface area contributed by atoms with Gasteiger partial charge in [-0.25, -0.2) is 0 Å². The van der Waals surface area contributed by atoms with Crippen LogP contribution in [0.5, 0.6) is 0 Å². The van der Waals surface area contributed by atoms with E-state index in [0.717, 1.165) is 17.0 Å². The highest BCUT2D eigenvalue weighted by molar-refractivity contribution is 5.57. The van der Waals surface area contributed by atoms with E-state index in [9.17, 15) is 0 Å². The molecule has 0 aliphatic rings. The van der Waals surface area contributed by atoms with Gasteiger partial charge in [0.05, 0.1) is 5.69 Å². The summed E-state index contributed by atoms with van der Waals surface area (Å²) in [7, 11) is 0. The van der Waals surface area contributed by atoms with E-state index in [1.807, 2.05) is 24.5 Å². The van der Waals surface area contributed by atoms with Gasteiger partial charge in [-0.05, 0) is 12.1 Å². The molecule has 2 aromatic rings. The van der Waals surface area contributed by atoms with Crippen molar-refractivity contribution in [2.75, 3.05) is 0 Å². The Morgan fingerprint density at radius 1 is 1.50 bits per heavy atom. The Hall–Kier alpha value is -1.55. The number of nitrogens with zero attached hydrogens (tertiary/aromatic N) is 1. The van der Waals surface area contributed by atoms with Crippen molar-refractivity contribution < 1.29 is 0 Å². The summed E-state index contributed by atoms with van der Waals surface area (Å²) in [6, 6.07) is 3.92. The van der Waals surface area contributed by atoms with Gasteiger partial charge < -0.3 is 10.7 Å². The summed E-state index contributed by atoms with van der Waals surface area (Å²) in [5.74, 6) is 0. The Balaban J connectivity index is 2.35. The zero-order chi connectivity index (χ0) is 8.39. The maximum atomic E-state index is 5.44. The van der Waals surface area contributed by atoms with E-state index >= 15 is 0 Å². The number of rotatable bonds is 2. The van der Waals surface area contributed by atoms with Gasteiger partial charge in [0.15, 0.2) is 0 Å². The Bertz CT molecular complexity index is 347. The van der Waals surface area contributed by atoms with Crippen molar-refractivity contribution in [3.8, 4) is 11.3 Å². The molecule has 2 rings (SSSR count). The fourth-order valence-electron chi connectivity index (χ4n) is 1.10. The minimum absolute atomic E-state index is 0.497. The molecule has 0 atom stereocenters. The van der Waals surface area contributed by atoms with Gasteiger partial charge in [0.25, 0.3) is 0 Å². The molecule has 0 fully saturated rings. The first-order valence-electron chi connectivity index (χ1n) is 3.77. The van der Waals surface area contributed by atoms with E-state index < -0.39 is 0 Å². The van der Waals surface area contributed by atoms with Gasteiger partial charge in [0, 0.05) is 30.2 Å². The number of aromatic amines is 2. The lowest BCUT2D eigenvalue weighted by atomic mass is 10.2. The minimum Gasteiger partial charge on any atom is -0.367 e. The zero-order valence-electron chi connectivity index (χ0n) is 6.54. The van der Waals surface area contributed by atoms with Gasteiger partial charge in [0.2, 0.25) is 0 Å². The van der Waals surface area contributed by atoms with Crippen LogP contribution in [0.2, 0.25) is 0 Å². The van der Waals surface area contributed by atoms with E-state index in [1.54, 1.807) is 0 Å². The van der Waals surface area contributed by atoms with Gasteiger partial charge in [-0.3, -0.25) is 5.10 Å². The quantitative estimate of drug-likeness (QED) is 0.613. The van der Waals surface area contributed by atoms with Crippen molar-refractivity contribution in [1.82, 2.24) is 15.2 Å². The van der Waals surface area contributed by atoms with Gasteiger partial charge in [-0.1, -0.05) is 0 Å². The van der Waals surface area contributed by atoms with Crippen LogP contribution < -0.4 is 5.73 Å². The van der Waals surface area contributed by atoms with Crippen LogP contribution in [0, 0.1) is 0 Å². The average molecular weight is 162 g/mol. The average Bonchev–Trinajstić information content (AvgIpc) is 2.75. The first kappa shape index (κ1) is 7.12.